The fourth-order valence-electron chi connectivity index (χ4n) is 4.00. The molecule has 10 heteroatoms. The van der Waals surface area contributed by atoms with E-state index in [-0.39, 0.29) is 11.5 Å². The van der Waals surface area contributed by atoms with Crippen LogP contribution in [0.1, 0.15) is 12.8 Å². The molecule has 3 N–H and O–H groups in total. The van der Waals surface area contributed by atoms with Gasteiger partial charge in [0.2, 0.25) is 5.65 Å². The van der Waals surface area contributed by atoms with Crippen LogP contribution >= 0.6 is 11.6 Å². The molecular weight excluding hydrogens is 368 g/mol. The van der Waals surface area contributed by atoms with E-state index in [1.165, 1.54) is 0 Å². The van der Waals surface area contributed by atoms with Crippen LogP contribution in [-0.2, 0) is 4.74 Å². The average Bonchev–Trinajstić information content (AvgIpc) is 3.26. The Hall–Kier alpha value is -2.36. The third kappa shape index (κ3) is 2.73. The van der Waals surface area contributed by atoms with Gasteiger partial charge < -0.3 is 15.4 Å². The maximum atomic E-state index is 6.27. The minimum absolute atomic E-state index is 0.110. The van der Waals surface area contributed by atoms with E-state index >= 15 is 0 Å². The molecule has 1 spiro atoms. The Morgan fingerprint density at radius 2 is 2.19 bits per heavy atom. The summed E-state index contributed by atoms with van der Waals surface area (Å²) in [7, 11) is 0. The third-order valence-corrected chi connectivity index (χ3v) is 6.03. The van der Waals surface area contributed by atoms with Crippen LogP contribution in [0.3, 0.4) is 0 Å². The quantitative estimate of drug-likeness (QED) is 0.678. The number of aromatic amines is 1. The molecule has 1 unspecified atom stereocenters. The zero-order valence-electron chi connectivity index (χ0n) is 14.6. The van der Waals surface area contributed by atoms with Crippen molar-refractivity contribution >= 4 is 28.6 Å². The first-order valence-corrected chi connectivity index (χ1v) is 9.31. The minimum Gasteiger partial charge on any atom is -0.379 e. The van der Waals surface area contributed by atoms with Crippen LogP contribution in [-0.4, -0.2) is 62.7 Å². The normalized spacial score (nSPS) is 22.0. The van der Waals surface area contributed by atoms with Crippen molar-refractivity contribution in [1.29, 1.82) is 0 Å². The largest absolute Gasteiger partial charge is 0.379 e. The van der Waals surface area contributed by atoms with Gasteiger partial charge in [0.1, 0.15) is 11.3 Å². The first kappa shape index (κ1) is 16.8. The number of hydrogen-bond acceptors (Lipinski definition) is 8. The number of nitrogens with two attached hydrogens (primary N) is 1. The van der Waals surface area contributed by atoms with E-state index in [1.54, 1.807) is 18.5 Å². The first-order chi connectivity index (χ1) is 13.2. The van der Waals surface area contributed by atoms with E-state index in [9.17, 15) is 0 Å². The Morgan fingerprint density at radius 3 is 2.93 bits per heavy atom. The van der Waals surface area contributed by atoms with Gasteiger partial charge in [-0.3, -0.25) is 5.10 Å². The highest BCUT2D eigenvalue weighted by Crippen LogP contribution is 2.39. The molecule has 1 atom stereocenters. The molecule has 9 nitrogen and oxygen atoms in total. The van der Waals surface area contributed by atoms with Crippen molar-refractivity contribution in [3.8, 4) is 11.3 Å². The summed E-state index contributed by atoms with van der Waals surface area (Å²) < 4.78 is 5.60. The van der Waals surface area contributed by atoms with Crippen molar-refractivity contribution in [3.05, 3.63) is 23.6 Å². The van der Waals surface area contributed by atoms with Crippen molar-refractivity contribution in [2.45, 2.75) is 18.9 Å². The Bertz CT molecular complexity index is 984. The standard InChI is InChI=1S/C17H19ClN8O/c18-15-10(1-4-21-24-15)13-14-16(25-23-13)22-12(7-20-14)26-5-2-17(3-6-26)9-27-8-11(17)19/h1,4,7,11H,2-3,5-6,8-9,19H2,(H,22,23,25). The summed E-state index contributed by atoms with van der Waals surface area (Å²) in [6.07, 6.45) is 5.36. The number of nitrogens with zero attached hydrogens (tertiary/aromatic N) is 6. The molecule has 3 aromatic rings. The summed E-state index contributed by atoms with van der Waals surface area (Å²) in [5, 5.41) is 15.2. The van der Waals surface area contributed by atoms with Crippen molar-refractivity contribution < 1.29 is 4.74 Å². The molecule has 3 aromatic heterocycles. The lowest BCUT2D eigenvalue weighted by atomic mass is 9.75. The fourth-order valence-corrected chi connectivity index (χ4v) is 4.20. The molecule has 2 aliphatic heterocycles. The van der Waals surface area contributed by atoms with Crippen LogP contribution in [0.2, 0.25) is 5.15 Å². The SMILES string of the molecule is NC1COCC12CCN(c1cnc3c(-c4ccnnc4Cl)[nH]nc3n1)CC2. The zero-order chi connectivity index (χ0) is 18.4. The number of aromatic nitrogens is 6. The van der Waals surface area contributed by atoms with Gasteiger partial charge in [0.15, 0.2) is 5.15 Å². The van der Waals surface area contributed by atoms with Gasteiger partial charge in [-0.05, 0) is 18.9 Å². The molecular formula is C17H19ClN8O. The number of H-pyrrole nitrogens is 1. The van der Waals surface area contributed by atoms with Gasteiger partial charge in [0.05, 0.1) is 31.3 Å². The van der Waals surface area contributed by atoms with Crippen LogP contribution in [0.4, 0.5) is 5.82 Å². The molecule has 140 valence electrons. The highest BCUT2D eigenvalue weighted by atomic mass is 35.5. The highest BCUT2D eigenvalue weighted by Gasteiger charge is 2.44. The summed E-state index contributed by atoms with van der Waals surface area (Å²) in [5.41, 5.74) is 8.98. The molecule has 0 amide bonds. The lowest BCUT2D eigenvalue weighted by Crippen LogP contribution is -2.49. The number of ether oxygens (including phenoxy) is 1. The number of halogens is 1. The van der Waals surface area contributed by atoms with Crippen molar-refractivity contribution in [2.24, 2.45) is 11.1 Å². The van der Waals surface area contributed by atoms with Gasteiger partial charge in [-0.25, -0.2) is 9.97 Å². The summed E-state index contributed by atoms with van der Waals surface area (Å²) in [4.78, 5) is 11.5. The molecule has 0 bridgehead atoms. The fraction of sp³-hybridized carbons (Fsp3) is 0.471. The second-order valence-corrected chi connectivity index (χ2v) is 7.56. The van der Waals surface area contributed by atoms with Crippen LogP contribution in [0, 0.1) is 5.41 Å². The van der Waals surface area contributed by atoms with E-state index in [4.69, 9.17) is 22.1 Å². The molecule has 5 rings (SSSR count). The van der Waals surface area contributed by atoms with Gasteiger partial charge in [-0.15, -0.1) is 5.10 Å². The molecule has 0 saturated carbocycles. The van der Waals surface area contributed by atoms with Crippen molar-refractivity contribution in [2.75, 3.05) is 31.2 Å². The third-order valence-electron chi connectivity index (χ3n) is 5.75. The number of rotatable bonds is 2. The van der Waals surface area contributed by atoms with Crippen LogP contribution in [0.5, 0.6) is 0 Å². The van der Waals surface area contributed by atoms with Gasteiger partial charge in [-0.2, -0.15) is 10.2 Å². The Kier molecular flexibility index (Phi) is 3.96. The highest BCUT2D eigenvalue weighted by molar-refractivity contribution is 6.32. The van der Waals surface area contributed by atoms with E-state index in [0.29, 0.717) is 34.2 Å². The number of nitrogens with one attached hydrogen (secondary N) is 1. The van der Waals surface area contributed by atoms with Gasteiger partial charge in [-0.1, -0.05) is 11.6 Å². The lowest BCUT2D eigenvalue weighted by molar-refractivity contribution is 0.131. The second kappa shape index (κ2) is 6.36. The Labute approximate surface area is 160 Å². The molecule has 2 aliphatic rings. The van der Waals surface area contributed by atoms with E-state index in [2.05, 4.69) is 35.3 Å². The Morgan fingerprint density at radius 1 is 1.33 bits per heavy atom. The molecule has 2 saturated heterocycles. The summed E-state index contributed by atoms with van der Waals surface area (Å²) >= 11 is 6.14. The number of piperidine rings is 1. The summed E-state index contributed by atoms with van der Waals surface area (Å²) in [6.45, 7) is 3.19. The number of hydrogen-bond donors (Lipinski definition) is 2. The number of fused-ring (bicyclic) bond motifs is 1. The predicted molar refractivity (Wildman–Crippen MR) is 100 cm³/mol. The van der Waals surface area contributed by atoms with Gasteiger partial charge in [0.25, 0.3) is 0 Å². The van der Waals surface area contributed by atoms with Crippen LogP contribution in [0.25, 0.3) is 22.4 Å². The van der Waals surface area contributed by atoms with E-state index in [1.807, 2.05) is 0 Å². The monoisotopic (exact) mass is 386 g/mol. The van der Waals surface area contributed by atoms with Crippen LogP contribution in [0.15, 0.2) is 18.5 Å². The maximum absolute atomic E-state index is 6.27. The maximum Gasteiger partial charge on any atom is 0.202 e. The summed E-state index contributed by atoms with van der Waals surface area (Å²) in [5.74, 6) is 0.821. The molecule has 0 aromatic carbocycles. The van der Waals surface area contributed by atoms with Crippen molar-refractivity contribution in [3.63, 3.8) is 0 Å². The molecule has 0 aliphatic carbocycles. The van der Waals surface area contributed by atoms with Gasteiger partial charge in [0, 0.05) is 30.1 Å². The summed E-state index contributed by atoms with van der Waals surface area (Å²) in [6, 6.07) is 1.90. The number of anilines is 1. The second-order valence-electron chi connectivity index (χ2n) is 7.21. The molecule has 5 heterocycles. The van der Waals surface area contributed by atoms with Gasteiger partial charge >= 0.3 is 0 Å². The first-order valence-electron chi connectivity index (χ1n) is 8.93. The predicted octanol–water partition coefficient (Wildman–Crippen LogP) is 1.41. The Balaban J connectivity index is 1.41. The van der Waals surface area contributed by atoms with E-state index in [0.717, 1.165) is 38.4 Å². The van der Waals surface area contributed by atoms with E-state index < -0.39 is 0 Å². The molecule has 0 radical (unpaired) electrons. The smallest absolute Gasteiger partial charge is 0.202 e. The zero-order valence-corrected chi connectivity index (χ0v) is 15.4. The lowest BCUT2D eigenvalue weighted by Gasteiger charge is -2.41. The van der Waals surface area contributed by atoms with Crippen LogP contribution < -0.4 is 10.6 Å². The molecule has 2 fully saturated rings. The molecule has 27 heavy (non-hydrogen) atoms. The topological polar surface area (TPSA) is 119 Å². The van der Waals surface area contributed by atoms with Crippen molar-refractivity contribution in [1.82, 2.24) is 30.4 Å². The minimum atomic E-state index is 0.110. The average molecular weight is 387 g/mol.